The van der Waals surface area contributed by atoms with Gasteiger partial charge in [0.2, 0.25) is 0 Å². The molecule has 0 aliphatic carbocycles. The van der Waals surface area contributed by atoms with Gasteiger partial charge in [-0.05, 0) is 32.6 Å². The highest BCUT2D eigenvalue weighted by atomic mass is 28.4. The van der Waals surface area contributed by atoms with Gasteiger partial charge in [0.1, 0.15) is 0 Å². The third kappa shape index (κ3) is 2.88. The molecule has 0 aromatic carbocycles. The SMILES string of the molecule is CCO[Si](C)(CC)N(CC)CC. The van der Waals surface area contributed by atoms with Crippen molar-refractivity contribution in [3.63, 3.8) is 0 Å². The monoisotopic (exact) mass is 189 g/mol. The van der Waals surface area contributed by atoms with Crippen LogP contribution in [0.4, 0.5) is 0 Å². The van der Waals surface area contributed by atoms with Gasteiger partial charge < -0.3 is 8.99 Å². The van der Waals surface area contributed by atoms with E-state index in [1.807, 2.05) is 0 Å². The summed E-state index contributed by atoms with van der Waals surface area (Å²) in [6.07, 6.45) is 0. The maximum Gasteiger partial charge on any atom is 0.267 e. The zero-order valence-corrected chi connectivity index (χ0v) is 10.2. The summed E-state index contributed by atoms with van der Waals surface area (Å²) in [5, 5.41) is 0. The Morgan fingerprint density at radius 2 is 1.58 bits per heavy atom. The smallest absolute Gasteiger partial charge is 0.267 e. The summed E-state index contributed by atoms with van der Waals surface area (Å²) in [5.74, 6) is 0. The summed E-state index contributed by atoms with van der Waals surface area (Å²) in [6.45, 7) is 14.1. The molecule has 0 aliphatic rings. The third-order valence-corrected chi connectivity index (χ3v) is 6.74. The van der Waals surface area contributed by atoms with E-state index in [1.165, 1.54) is 6.04 Å². The summed E-state index contributed by atoms with van der Waals surface area (Å²) in [4.78, 5) is 0. The van der Waals surface area contributed by atoms with Crippen molar-refractivity contribution in [1.29, 1.82) is 0 Å². The Hall–Kier alpha value is 0.137. The highest BCUT2D eigenvalue weighted by molar-refractivity contribution is 6.69. The van der Waals surface area contributed by atoms with Crippen molar-refractivity contribution in [3.05, 3.63) is 0 Å². The molecule has 74 valence electrons. The molecule has 0 N–H and O–H groups in total. The minimum absolute atomic E-state index is 0.854. The first kappa shape index (κ1) is 12.1. The molecule has 1 atom stereocenters. The first-order chi connectivity index (χ1) is 5.64. The fraction of sp³-hybridized carbons (Fsp3) is 1.00. The predicted octanol–water partition coefficient (Wildman–Crippen LogP) is 2.46. The molecule has 0 spiro atoms. The molecule has 0 bridgehead atoms. The van der Waals surface area contributed by atoms with Gasteiger partial charge in [0.25, 0.3) is 8.48 Å². The second-order valence-electron chi connectivity index (χ2n) is 3.13. The number of nitrogens with zero attached hydrogens (tertiary/aromatic N) is 1. The molecular formula is C9H23NOSi. The number of rotatable bonds is 6. The minimum Gasteiger partial charge on any atom is -0.403 e. The summed E-state index contributed by atoms with van der Waals surface area (Å²) in [5.41, 5.74) is 0. The van der Waals surface area contributed by atoms with Crippen molar-refractivity contribution < 1.29 is 4.43 Å². The Labute approximate surface area is 78.1 Å². The Morgan fingerprint density at radius 1 is 1.08 bits per heavy atom. The van der Waals surface area contributed by atoms with Crippen LogP contribution >= 0.6 is 0 Å². The maximum absolute atomic E-state index is 5.89. The molecule has 0 aromatic heterocycles. The number of hydrogen-bond donors (Lipinski definition) is 0. The lowest BCUT2D eigenvalue weighted by atomic mass is 10.7. The van der Waals surface area contributed by atoms with E-state index < -0.39 is 8.48 Å². The van der Waals surface area contributed by atoms with Gasteiger partial charge >= 0.3 is 0 Å². The average Bonchev–Trinajstić information content (AvgIpc) is 2.07. The predicted molar refractivity (Wildman–Crippen MR) is 56.6 cm³/mol. The largest absolute Gasteiger partial charge is 0.403 e. The van der Waals surface area contributed by atoms with E-state index in [0.29, 0.717) is 0 Å². The molecule has 0 aromatic rings. The molecule has 0 radical (unpaired) electrons. The van der Waals surface area contributed by atoms with Crippen molar-refractivity contribution in [2.75, 3.05) is 19.7 Å². The van der Waals surface area contributed by atoms with E-state index >= 15 is 0 Å². The fourth-order valence-electron chi connectivity index (χ4n) is 1.62. The van der Waals surface area contributed by atoms with Crippen LogP contribution < -0.4 is 0 Å². The lowest BCUT2D eigenvalue weighted by molar-refractivity contribution is 0.258. The van der Waals surface area contributed by atoms with Crippen LogP contribution in [-0.4, -0.2) is 32.7 Å². The van der Waals surface area contributed by atoms with Gasteiger partial charge in [-0.25, -0.2) is 0 Å². The standard InChI is InChI=1S/C9H23NOSi/c1-6-10(7-2)12(5,9-4)11-8-3/h6-9H2,1-5H3. The van der Waals surface area contributed by atoms with Gasteiger partial charge in [0.05, 0.1) is 0 Å². The molecule has 0 heterocycles. The normalized spacial score (nSPS) is 16.5. The molecule has 0 rings (SSSR count). The van der Waals surface area contributed by atoms with Crippen LogP contribution in [0, 0.1) is 0 Å². The Bertz CT molecular complexity index is 117. The van der Waals surface area contributed by atoms with Crippen molar-refractivity contribution in [3.8, 4) is 0 Å². The first-order valence-corrected chi connectivity index (χ1v) is 7.59. The van der Waals surface area contributed by atoms with Crippen LogP contribution in [0.3, 0.4) is 0 Å². The molecule has 12 heavy (non-hydrogen) atoms. The van der Waals surface area contributed by atoms with E-state index in [1.54, 1.807) is 0 Å². The lowest BCUT2D eigenvalue weighted by Crippen LogP contribution is -2.53. The van der Waals surface area contributed by atoms with Crippen LogP contribution in [0.5, 0.6) is 0 Å². The minimum atomic E-state index is -1.52. The molecule has 3 heteroatoms. The molecule has 0 aliphatic heterocycles. The fourth-order valence-corrected chi connectivity index (χ4v) is 4.41. The van der Waals surface area contributed by atoms with Crippen molar-refractivity contribution in [1.82, 2.24) is 4.57 Å². The van der Waals surface area contributed by atoms with E-state index in [4.69, 9.17) is 4.43 Å². The van der Waals surface area contributed by atoms with E-state index in [-0.39, 0.29) is 0 Å². The quantitative estimate of drug-likeness (QED) is 0.595. The van der Waals surface area contributed by atoms with Gasteiger partial charge in [0, 0.05) is 6.61 Å². The van der Waals surface area contributed by atoms with E-state index in [9.17, 15) is 0 Å². The van der Waals surface area contributed by atoms with Crippen LogP contribution in [0.1, 0.15) is 27.7 Å². The van der Waals surface area contributed by atoms with Crippen LogP contribution in [-0.2, 0) is 4.43 Å². The molecular weight excluding hydrogens is 166 g/mol. The second kappa shape index (κ2) is 5.73. The topological polar surface area (TPSA) is 12.5 Å². The molecule has 2 nitrogen and oxygen atoms in total. The summed E-state index contributed by atoms with van der Waals surface area (Å²) < 4.78 is 8.38. The molecule has 0 fully saturated rings. The van der Waals surface area contributed by atoms with Gasteiger partial charge in [-0.2, -0.15) is 0 Å². The van der Waals surface area contributed by atoms with Crippen molar-refractivity contribution >= 4 is 8.48 Å². The van der Waals surface area contributed by atoms with Gasteiger partial charge in [-0.1, -0.05) is 20.8 Å². The summed E-state index contributed by atoms with van der Waals surface area (Å²) >= 11 is 0. The van der Waals surface area contributed by atoms with Crippen molar-refractivity contribution in [2.45, 2.75) is 40.3 Å². The van der Waals surface area contributed by atoms with Gasteiger partial charge in [-0.3, -0.25) is 0 Å². The zero-order chi connectivity index (χ0) is 9.61. The molecule has 0 saturated heterocycles. The molecule has 0 amide bonds. The second-order valence-corrected chi connectivity index (χ2v) is 7.11. The zero-order valence-electron chi connectivity index (χ0n) is 9.18. The third-order valence-electron chi connectivity index (χ3n) is 2.54. The number of hydrogen-bond acceptors (Lipinski definition) is 2. The summed E-state index contributed by atoms with van der Waals surface area (Å²) in [6, 6.07) is 1.18. The van der Waals surface area contributed by atoms with Crippen LogP contribution in [0.2, 0.25) is 12.6 Å². The Kier molecular flexibility index (Phi) is 5.79. The maximum atomic E-state index is 5.89. The summed E-state index contributed by atoms with van der Waals surface area (Å²) in [7, 11) is -1.52. The highest BCUT2D eigenvalue weighted by Crippen LogP contribution is 2.16. The van der Waals surface area contributed by atoms with Crippen LogP contribution in [0.25, 0.3) is 0 Å². The van der Waals surface area contributed by atoms with Crippen LogP contribution in [0.15, 0.2) is 0 Å². The Morgan fingerprint density at radius 3 is 1.83 bits per heavy atom. The molecule has 1 unspecified atom stereocenters. The van der Waals surface area contributed by atoms with Crippen molar-refractivity contribution in [2.24, 2.45) is 0 Å². The van der Waals surface area contributed by atoms with E-state index in [0.717, 1.165) is 19.7 Å². The Balaban J connectivity index is 4.24. The van der Waals surface area contributed by atoms with Gasteiger partial charge in [0.15, 0.2) is 0 Å². The average molecular weight is 189 g/mol. The van der Waals surface area contributed by atoms with E-state index in [2.05, 4.69) is 38.8 Å². The van der Waals surface area contributed by atoms with Gasteiger partial charge in [-0.15, -0.1) is 0 Å². The highest BCUT2D eigenvalue weighted by Gasteiger charge is 2.32. The molecule has 0 saturated carbocycles. The lowest BCUT2D eigenvalue weighted by Gasteiger charge is -2.36. The first-order valence-electron chi connectivity index (χ1n) is 5.03.